The second-order valence-electron chi connectivity index (χ2n) is 11.1. The minimum atomic E-state index is -3.16. The molecule has 1 fully saturated rings. The summed E-state index contributed by atoms with van der Waals surface area (Å²) in [4.78, 5) is 22.7. The molecule has 224 valence electrons. The first-order valence-electron chi connectivity index (χ1n) is 14.9. The van der Waals surface area contributed by atoms with Crippen molar-refractivity contribution in [2.75, 3.05) is 6.54 Å². The highest BCUT2D eigenvalue weighted by atomic mass is 19.3. The molecule has 2 N–H and O–H groups in total. The molecule has 2 aromatic rings. The average molecular weight is 579 g/mol. The van der Waals surface area contributed by atoms with Crippen LogP contribution in [0.25, 0.3) is 0 Å². The number of halogens is 3. The van der Waals surface area contributed by atoms with Crippen molar-refractivity contribution >= 4 is 12.0 Å². The van der Waals surface area contributed by atoms with Crippen LogP contribution in [0.4, 0.5) is 13.2 Å². The number of ketones is 1. The fraction of sp³-hybridized carbons (Fsp3) is 0.441. The van der Waals surface area contributed by atoms with E-state index in [1.165, 1.54) is 17.8 Å². The van der Waals surface area contributed by atoms with Gasteiger partial charge in [0.15, 0.2) is 11.6 Å². The monoisotopic (exact) mass is 578 g/mol. The molecule has 1 aliphatic carbocycles. The fourth-order valence-electron chi connectivity index (χ4n) is 5.25. The Hall–Kier alpha value is -3.52. The molecule has 1 saturated carbocycles. The van der Waals surface area contributed by atoms with Gasteiger partial charge in [0, 0.05) is 36.9 Å². The van der Waals surface area contributed by atoms with Crippen molar-refractivity contribution in [2.45, 2.75) is 89.1 Å². The van der Waals surface area contributed by atoms with Crippen LogP contribution in [-0.4, -0.2) is 34.5 Å². The van der Waals surface area contributed by atoms with Gasteiger partial charge in [0.05, 0.1) is 11.7 Å². The number of alkyl halides is 2. The van der Waals surface area contributed by atoms with E-state index in [2.05, 4.69) is 28.7 Å². The number of unbranched alkanes of at least 4 members (excludes halogenated alkanes) is 1. The van der Waals surface area contributed by atoms with Crippen LogP contribution < -0.4 is 5.73 Å². The summed E-state index contributed by atoms with van der Waals surface area (Å²) in [7, 11) is 0. The van der Waals surface area contributed by atoms with Gasteiger partial charge in [-0.3, -0.25) is 9.78 Å². The van der Waals surface area contributed by atoms with E-state index in [1.54, 1.807) is 12.3 Å². The van der Waals surface area contributed by atoms with Gasteiger partial charge in [-0.05, 0) is 99.7 Å². The number of benzene rings is 1. The zero-order valence-corrected chi connectivity index (χ0v) is 24.4. The van der Waals surface area contributed by atoms with Crippen LogP contribution in [-0.2, 0) is 23.6 Å². The van der Waals surface area contributed by atoms with Gasteiger partial charge in [0.1, 0.15) is 5.78 Å². The number of Topliss-reactive ketones (excluding diaryl/α,β-unsaturated/α-hetero) is 1. The molecule has 1 aromatic carbocycles. The third-order valence-corrected chi connectivity index (χ3v) is 7.85. The number of aromatic nitrogens is 1. The molecule has 8 heteroatoms. The van der Waals surface area contributed by atoms with Gasteiger partial charge in [0.25, 0.3) is 5.92 Å². The lowest BCUT2D eigenvalue weighted by molar-refractivity contribution is -0.118. The zero-order chi connectivity index (χ0) is 30.1. The smallest absolute Gasteiger partial charge is 0.292 e. The Morgan fingerprint density at radius 1 is 1.12 bits per heavy atom. The van der Waals surface area contributed by atoms with E-state index in [-0.39, 0.29) is 29.3 Å². The average Bonchev–Trinajstić information content (AvgIpc) is 3.82. The van der Waals surface area contributed by atoms with E-state index >= 15 is 4.39 Å². The highest BCUT2D eigenvalue weighted by Crippen LogP contribution is 2.41. The lowest BCUT2D eigenvalue weighted by Crippen LogP contribution is -2.30. The van der Waals surface area contributed by atoms with Crippen LogP contribution >= 0.6 is 0 Å². The molecule has 0 bridgehead atoms. The standard InChI is InChI=1S/C34H41F3N4O/c1-3-34(36,37)28-15-18-31(40-23-28)24(2)41(29-16-17-29)33-32(35)27(10-6-7-21-39-33)9-5-4-8-25-11-13-26(14-12-25)22-30(42)19-20-38/h3,10-15,18,21,23-24,29H,1,4-9,16-17,19-20,22,38H2,2H3. The Morgan fingerprint density at radius 2 is 1.83 bits per heavy atom. The van der Waals surface area contributed by atoms with Crippen molar-refractivity contribution in [1.29, 1.82) is 0 Å². The topological polar surface area (TPSA) is 71.6 Å². The molecule has 1 atom stereocenters. The lowest BCUT2D eigenvalue weighted by atomic mass is 9.99. The van der Waals surface area contributed by atoms with Crippen molar-refractivity contribution in [2.24, 2.45) is 10.7 Å². The predicted molar refractivity (Wildman–Crippen MR) is 162 cm³/mol. The molecule has 1 unspecified atom stereocenters. The van der Waals surface area contributed by atoms with Crippen molar-refractivity contribution < 1.29 is 18.0 Å². The fourth-order valence-corrected chi connectivity index (χ4v) is 5.25. The van der Waals surface area contributed by atoms with Crippen LogP contribution in [0, 0.1) is 0 Å². The van der Waals surface area contributed by atoms with Crippen molar-refractivity contribution in [3.05, 3.63) is 101 Å². The lowest BCUT2D eigenvalue weighted by Gasteiger charge is -2.32. The molecule has 1 aromatic heterocycles. The van der Waals surface area contributed by atoms with Crippen LogP contribution in [0.15, 0.2) is 83.5 Å². The number of nitrogens with zero attached hydrogens (tertiary/aromatic N) is 3. The van der Waals surface area contributed by atoms with E-state index in [9.17, 15) is 13.6 Å². The Bertz CT molecular complexity index is 1310. The van der Waals surface area contributed by atoms with Crippen LogP contribution in [0.3, 0.4) is 0 Å². The second-order valence-corrected chi connectivity index (χ2v) is 11.1. The summed E-state index contributed by atoms with van der Waals surface area (Å²) < 4.78 is 44.2. The maximum Gasteiger partial charge on any atom is 0.292 e. The van der Waals surface area contributed by atoms with E-state index in [1.807, 2.05) is 30.0 Å². The molecular weight excluding hydrogens is 537 g/mol. The van der Waals surface area contributed by atoms with Crippen LogP contribution in [0.5, 0.6) is 0 Å². The molecule has 0 radical (unpaired) electrons. The number of nitrogens with two attached hydrogens (primary N) is 1. The summed E-state index contributed by atoms with van der Waals surface area (Å²) in [6.07, 6.45) is 12.8. The molecule has 0 spiro atoms. The number of carbonyl (C=O) groups is 1. The van der Waals surface area contributed by atoms with E-state index in [0.29, 0.717) is 49.0 Å². The van der Waals surface area contributed by atoms with E-state index < -0.39 is 5.92 Å². The quantitative estimate of drug-likeness (QED) is 0.174. The summed E-state index contributed by atoms with van der Waals surface area (Å²) in [6.45, 7) is 5.50. The van der Waals surface area contributed by atoms with E-state index in [0.717, 1.165) is 50.5 Å². The SMILES string of the molecule is C=CC(F)(F)c1ccc(C(C)N(C2=C(F)C(CCCCc3ccc(CC(=O)CCN)cc3)=CCCC=N2)C2CC2)nc1. The Morgan fingerprint density at radius 3 is 2.48 bits per heavy atom. The minimum Gasteiger partial charge on any atom is -0.343 e. The Labute approximate surface area is 247 Å². The van der Waals surface area contributed by atoms with Crippen LogP contribution in [0.1, 0.15) is 86.7 Å². The third kappa shape index (κ3) is 8.28. The van der Waals surface area contributed by atoms with Gasteiger partial charge in [-0.1, -0.05) is 36.9 Å². The maximum absolute atomic E-state index is 16.2. The Balaban J connectivity index is 1.42. The Kier molecular flexibility index (Phi) is 10.9. The van der Waals surface area contributed by atoms with Gasteiger partial charge in [-0.25, -0.2) is 9.38 Å². The van der Waals surface area contributed by atoms with Gasteiger partial charge in [0.2, 0.25) is 0 Å². The van der Waals surface area contributed by atoms with Gasteiger partial charge in [-0.2, -0.15) is 8.78 Å². The minimum absolute atomic E-state index is 0.128. The first-order valence-corrected chi connectivity index (χ1v) is 14.9. The summed E-state index contributed by atoms with van der Waals surface area (Å²) in [5, 5.41) is 0. The molecular formula is C34H41F3N4O. The number of carbonyl (C=O) groups excluding carboxylic acids is 1. The van der Waals surface area contributed by atoms with Crippen LogP contribution in [0.2, 0.25) is 0 Å². The first-order chi connectivity index (χ1) is 20.2. The largest absolute Gasteiger partial charge is 0.343 e. The highest BCUT2D eigenvalue weighted by Gasteiger charge is 2.37. The van der Waals surface area contributed by atoms with Crippen molar-refractivity contribution in [3.63, 3.8) is 0 Å². The number of allylic oxidation sites excluding steroid dienone is 4. The number of aryl methyl sites for hydroxylation is 1. The summed E-state index contributed by atoms with van der Waals surface area (Å²) in [6, 6.07) is 10.8. The zero-order valence-electron chi connectivity index (χ0n) is 24.4. The third-order valence-electron chi connectivity index (χ3n) is 7.85. The summed E-state index contributed by atoms with van der Waals surface area (Å²) in [5.74, 6) is -3.02. The normalized spacial score (nSPS) is 16.5. The molecule has 5 nitrogen and oxygen atoms in total. The molecule has 2 heterocycles. The van der Waals surface area contributed by atoms with Crippen molar-refractivity contribution in [3.8, 4) is 0 Å². The number of hydrogen-bond acceptors (Lipinski definition) is 5. The highest BCUT2D eigenvalue weighted by molar-refractivity contribution is 5.81. The van der Waals surface area contributed by atoms with Crippen molar-refractivity contribution in [1.82, 2.24) is 9.88 Å². The second kappa shape index (κ2) is 14.6. The van der Waals surface area contributed by atoms with Gasteiger partial charge < -0.3 is 10.6 Å². The molecule has 0 amide bonds. The van der Waals surface area contributed by atoms with E-state index in [4.69, 9.17) is 5.73 Å². The molecule has 4 rings (SSSR count). The molecule has 0 saturated heterocycles. The summed E-state index contributed by atoms with van der Waals surface area (Å²) >= 11 is 0. The predicted octanol–water partition coefficient (Wildman–Crippen LogP) is 7.69. The van der Waals surface area contributed by atoms with Gasteiger partial charge >= 0.3 is 0 Å². The number of hydrogen-bond donors (Lipinski definition) is 1. The number of pyridine rings is 1. The maximum atomic E-state index is 16.2. The molecule has 2 aliphatic rings. The number of rotatable bonds is 15. The first kappa shape index (κ1) is 31.4. The number of aliphatic imine (C=N–C) groups is 1. The summed E-state index contributed by atoms with van der Waals surface area (Å²) in [5.41, 5.74) is 8.68. The molecule has 42 heavy (non-hydrogen) atoms. The van der Waals surface area contributed by atoms with Gasteiger partial charge in [-0.15, -0.1) is 0 Å². The molecule has 1 aliphatic heterocycles.